The van der Waals surface area contributed by atoms with Crippen LogP contribution in [0, 0.1) is 0 Å². The summed E-state index contributed by atoms with van der Waals surface area (Å²) >= 11 is 0. The van der Waals surface area contributed by atoms with Gasteiger partial charge in [-0.05, 0) is 25.0 Å². The monoisotopic (exact) mass is 493 g/mol. The van der Waals surface area contributed by atoms with Crippen LogP contribution < -0.4 is 20.3 Å². The highest BCUT2D eigenvalue weighted by molar-refractivity contribution is 6.00. The van der Waals surface area contributed by atoms with Crippen molar-refractivity contribution in [2.45, 2.75) is 25.0 Å². The topological polar surface area (TPSA) is 151 Å². The smallest absolute Gasteiger partial charge is 0.326 e. The Morgan fingerprint density at radius 1 is 1.19 bits per heavy atom. The zero-order chi connectivity index (χ0) is 25.4. The molecule has 2 atom stereocenters. The summed E-state index contributed by atoms with van der Waals surface area (Å²) in [5, 5.41) is 28.4. The summed E-state index contributed by atoms with van der Waals surface area (Å²) in [6, 6.07) is 6.64. The molecule has 1 aliphatic carbocycles. The number of anilines is 3. The largest absolute Gasteiger partial charge is 0.494 e. The predicted molar refractivity (Wildman–Crippen MR) is 130 cm³/mol. The van der Waals surface area contributed by atoms with Crippen LogP contribution in [0.2, 0.25) is 0 Å². The molecule has 3 amide bonds. The molecular formula is C23H27N9O4. The molecule has 1 aliphatic heterocycles. The van der Waals surface area contributed by atoms with Crippen LogP contribution in [-0.2, 0) is 7.05 Å². The molecule has 1 aromatic carbocycles. The summed E-state index contributed by atoms with van der Waals surface area (Å²) in [6.07, 6.45) is 2.56. The number of aryl methyl sites for hydroxylation is 1. The van der Waals surface area contributed by atoms with Gasteiger partial charge in [0.2, 0.25) is 0 Å². The number of hydrogen-bond acceptors (Lipinski definition) is 9. The lowest BCUT2D eigenvalue weighted by atomic mass is 9.88. The number of carbonyl (C=O) groups excluding carboxylic acids is 2. The van der Waals surface area contributed by atoms with Crippen molar-refractivity contribution in [3.05, 3.63) is 36.3 Å². The predicted octanol–water partition coefficient (Wildman–Crippen LogP) is 1.15. The van der Waals surface area contributed by atoms with Crippen LogP contribution in [0.15, 0.2) is 30.6 Å². The molecule has 2 unspecified atom stereocenters. The Morgan fingerprint density at radius 2 is 2.03 bits per heavy atom. The second kappa shape index (κ2) is 9.41. The third-order valence-corrected chi connectivity index (χ3v) is 6.47. The van der Waals surface area contributed by atoms with Gasteiger partial charge in [-0.25, -0.2) is 9.78 Å². The Hall–Kier alpha value is -4.26. The maximum absolute atomic E-state index is 13.1. The first kappa shape index (κ1) is 23.5. The Balaban J connectivity index is 1.49. The zero-order valence-corrected chi connectivity index (χ0v) is 20.2. The third kappa shape index (κ3) is 4.06. The van der Waals surface area contributed by atoms with Crippen molar-refractivity contribution < 1.29 is 19.4 Å². The van der Waals surface area contributed by atoms with Crippen LogP contribution in [-0.4, -0.2) is 86.3 Å². The molecule has 3 N–H and O–H groups in total. The van der Waals surface area contributed by atoms with E-state index >= 15 is 0 Å². The number of hydrogen-bond donors (Lipinski definition) is 3. The standard InChI is InChI=1S/C23H27N9O4/c1-24-22(34)19-15(26-14-6-4-5-13(20(14)36-3)21-25-12-30(2)29-21)11-18(27-28-19)32-10-9-31(23(32)35)16-7-8-17(16)33/h4-6,11-12,16-17,33H,7-10H2,1-3H3,(H,24,34)(H,26,27). The second-order valence-corrected chi connectivity index (χ2v) is 8.64. The minimum absolute atomic E-state index is 0.0579. The number of nitrogens with one attached hydrogen (secondary N) is 2. The molecule has 2 fully saturated rings. The number of aromatic nitrogens is 5. The summed E-state index contributed by atoms with van der Waals surface area (Å²) in [6.45, 7) is 0.884. The molecule has 13 heteroatoms. The molecule has 3 heterocycles. The van der Waals surface area contributed by atoms with Crippen LogP contribution in [0.5, 0.6) is 5.75 Å². The number of amides is 3. The van der Waals surface area contributed by atoms with Gasteiger partial charge in [-0.2, -0.15) is 5.10 Å². The van der Waals surface area contributed by atoms with Crippen LogP contribution in [0.25, 0.3) is 11.4 Å². The van der Waals surface area contributed by atoms with Crippen LogP contribution >= 0.6 is 0 Å². The fourth-order valence-corrected chi connectivity index (χ4v) is 4.44. The Labute approximate surface area is 207 Å². The van der Waals surface area contributed by atoms with Gasteiger partial charge < -0.3 is 25.4 Å². The maximum Gasteiger partial charge on any atom is 0.326 e. The van der Waals surface area contributed by atoms with E-state index in [-0.39, 0.29) is 17.8 Å². The Kier molecular flexibility index (Phi) is 6.14. The van der Waals surface area contributed by atoms with Gasteiger partial charge in [0.05, 0.1) is 36.2 Å². The average molecular weight is 494 g/mol. The van der Waals surface area contributed by atoms with E-state index in [1.807, 2.05) is 12.1 Å². The Bertz CT molecular complexity index is 1310. The molecule has 2 aromatic heterocycles. The molecule has 188 valence electrons. The minimum atomic E-state index is -0.499. The quantitative estimate of drug-likeness (QED) is 0.440. The fourth-order valence-electron chi connectivity index (χ4n) is 4.44. The van der Waals surface area contributed by atoms with E-state index in [2.05, 4.69) is 30.9 Å². The van der Waals surface area contributed by atoms with Gasteiger partial charge in [-0.1, -0.05) is 6.07 Å². The first-order chi connectivity index (χ1) is 17.4. The van der Waals surface area contributed by atoms with Crippen molar-refractivity contribution >= 4 is 29.1 Å². The van der Waals surface area contributed by atoms with Gasteiger partial charge in [-0.3, -0.25) is 14.4 Å². The highest BCUT2D eigenvalue weighted by Crippen LogP contribution is 2.37. The number of aliphatic hydroxyl groups is 1. The first-order valence-electron chi connectivity index (χ1n) is 11.6. The van der Waals surface area contributed by atoms with Gasteiger partial charge in [0.1, 0.15) is 6.33 Å². The normalized spacial score (nSPS) is 19.3. The van der Waals surface area contributed by atoms with Crippen LogP contribution in [0.4, 0.5) is 22.0 Å². The van der Waals surface area contributed by atoms with Crippen molar-refractivity contribution in [1.29, 1.82) is 0 Å². The summed E-state index contributed by atoms with van der Waals surface area (Å²) in [5.74, 6) is 0.823. The molecule has 1 saturated carbocycles. The number of aliphatic hydroxyl groups excluding tert-OH is 1. The first-order valence-corrected chi connectivity index (χ1v) is 11.6. The fraction of sp³-hybridized carbons (Fsp3) is 0.391. The number of ether oxygens (including phenoxy) is 1. The van der Waals surface area contributed by atoms with Gasteiger partial charge >= 0.3 is 6.03 Å². The van der Waals surface area contributed by atoms with Crippen molar-refractivity contribution in [3.63, 3.8) is 0 Å². The SMILES string of the molecule is CNC(=O)c1nnc(N2CCN(C3CCC3O)C2=O)cc1Nc1cccc(-c2ncn(C)n2)c1OC. The molecule has 0 spiro atoms. The minimum Gasteiger partial charge on any atom is -0.494 e. The molecule has 5 rings (SSSR count). The van der Waals surface area contributed by atoms with Crippen molar-refractivity contribution in [2.75, 3.05) is 37.5 Å². The number of benzene rings is 1. The van der Waals surface area contributed by atoms with Gasteiger partial charge in [0.25, 0.3) is 5.91 Å². The third-order valence-electron chi connectivity index (χ3n) is 6.47. The van der Waals surface area contributed by atoms with E-state index < -0.39 is 12.0 Å². The maximum atomic E-state index is 13.1. The molecule has 3 aromatic rings. The van der Waals surface area contributed by atoms with Gasteiger partial charge in [0, 0.05) is 33.3 Å². The average Bonchev–Trinajstić information content (AvgIpc) is 3.48. The van der Waals surface area contributed by atoms with E-state index in [1.165, 1.54) is 19.1 Å². The number of nitrogens with zero attached hydrogens (tertiary/aromatic N) is 7. The lowest BCUT2D eigenvalue weighted by Gasteiger charge is -2.39. The lowest BCUT2D eigenvalue weighted by Crippen LogP contribution is -2.52. The Morgan fingerprint density at radius 3 is 2.67 bits per heavy atom. The molecule has 0 bridgehead atoms. The molecule has 0 radical (unpaired) electrons. The molecule has 1 saturated heterocycles. The molecule has 36 heavy (non-hydrogen) atoms. The summed E-state index contributed by atoms with van der Waals surface area (Å²) in [5.41, 5.74) is 1.62. The summed E-state index contributed by atoms with van der Waals surface area (Å²) in [7, 11) is 4.81. The molecular weight excluding hydrogens is 466 g/mol. The summed E-state index contributed by atoms with van der Waals surface area (Å²) < 4.78 is 7.27. The number of carbonyl (C=O) groups is 2. The number of methoxy groups -OCH3 is 1. The van der Waals surface area contributed by atoms with E-state index in [1.54, 1.807) is 35.1 Å². The highest BCUT2D eigenvalue weighted by Gasteiger charge is 2.42. The van der Waals surface area contributed by atoms with Gasteiger partial charge in [0.15, 0.2) is 23.1 Å². The van der Waals surface area contributed by atoms with Crippen molar-refractivity contribution in [2.24, 2.45) is 7.05 Å². The second-order valence-electron chi connectivity index (χ2n) is 8.64. The van der Waals surface area contributed by atoms with E-state index in [9.17, 15) is 14.7 Å². The number of rotatable bonds is 7. The lowest BCUT2D eigenvalue weighted by molar-refractivity contribution is 0.00448. The summed E-state index contributed by atoms with van der Waals surface area (Å²) in [4.78, 5) is 33.1. The highest BCUT2D eigenvalue weighted by atomic mass is 16.5. The molecule has 2 aliphatic rings. The van der Waals surface area contributed by atoms with Gasteiger partial charge in [-0.15, -0.1) is 10.2 Å². The van der Waals surface area contributed by atoms with E-state index in [4.69, 9.17) is 4.74 Å². The van der Waals surface area contributed by atoms with Crippen LogP contribution in [0.3, 0.4) is 0 Å². The zero-order valence-electron chi connectivity index (χ0n) is 20.2. The van der Waals surface area contributed by atoms with Crippen molar-refractivity contribution in [1.82, 2.24) is 35.2 Å². The van der Waals surface area contributed by atoms with Crippen molar-refractivity contribution in [3.8, 4) is 17.1 Å². The van der Waals surface area contributed by atoms with Crippen LogP contribution in [0.1, 0.15) is 23.3 Å². The number of urea groups is 1. The number of para-hydroxylation sites is 1. The van der Waals surface area contributed by atoms with E-state index in [0.717, 1.165) is 6.42 Å². The molecule has 13 nitrogen and oxygen atoms in total. The van der Waals surface area contributed by atoms with E-state index in [0.29, 0.717) is 53.8 Å².